The average molecular weight is 1370 g/mol. The van der Waals surface area contributed by atoms with E-state index < -0.39 is 6.98 Å². The summed E-state index contributed by atoms with van der Waals surface area (Å²) >= 11 is 1.79. The summed E-state index contributed by atoms with van der Waals surface area (Å²) in [4.78, 5) is 45.2. The van der Waals surface area contributed by atoms with Gasteiger partial charge >= 0.3 is 29.0 Å². The molecule has 21 aromatic rings. The minimum absolute atomic E-state index is 0.593. The zero-order chi connectivity index (χ0) is 70.2. The van der Waals surface area contributed by atoms with Crippen molar-refractivity contribution in [1.82, 2.24) is 85.5 Å². The zero-order valence-corrected chi connectivity index (χ0v) is 55.5. The quantitative estimate of drug-likeness (QED) is 0.142. The first kappa shape index (κ1) is 54.1. The van der Waals surface area contributed by atoms with Crippen LogP contribution in [0.4, 0.5) is 0 Å². The van der Waals surface area contributed by atoms with Gasteiger partial charge in [0, 0.05) is 126 Å². The second-order valence-electron chi connectivity index (χ2n) is 25.9. The third kappa shape index (κ3) is 8.35. The third-order valence-corrected chi connectivity index (χ3v) is 21.3. The van der Waals surface area contributed by atoms with Crippen LogP contribution in [-0.4, -0.2) is 85.5 Å². The molecule has 0 saturated carbocycles. The molecule has 0 radical (unpaired) electrons. The van der Waals surface area contributed by atoms with Crippen LogP contribution < -0.4 is 22.8 Å². The van der Waals surface area contributed by atoms with Gasteiger partial charge in [0.2, 0.25) is 16.2 Å². The molecule has 0 saturated heterocycles. The van der Waals surface area contributed by atoms with E-state index >= 15 is 0 Å². The fraction of sp³-hybridized carbons (Fsp3) is 0.0897. The molecule has 103 heavy (non-hydrogen) atoms. The van der Waals surface area contributed by atoms with Crippen molar-refractivity contribution in [2.45, 2.75) is 32.7 Å². The Kier molecular flexibility index (Phi) is 11.5. The van der Waals surface area contributed by atoms with E-state index in [-0.39, 0.29) is 0 Å². The summed E-state index contributed by atoms with van der Waals surface area (Å²) in [5.74, 6) is 4.51. The van der Waals surface area contributed by atoms with Crippen molar-refractivity contribution in [3.05, 3.63) is 273 Å². The number of aromatic nitrogens is 23. The number of hydrogen-bond acceptors (Lipinski definition) is 12. The molecule has 25 heteroatoms. The number of imidazole rings is 8. The van der Waals surface area contributed by atoms with Crippen LogP contribution in [0.25, 0.3) is 145 Å². The fourth-order valence-electron chi connectivity index (χ4n) is 15.9. The summed E-state index contributed by atoms with van der Waals surface area (Å²) in [7, 11) is 2.09. The number of fused-ring (bicyclic) bond motifs is 35. The lowest BCUT2D eigenvalue weighted by atomic mass is 10.2. The molecule has 0 fully saturated rings. The van der Waals surface area contributed by atoms with E-state index in [0.29, 0.717) is 17.7 Å². The number of nitrogens with zero attached hydrogens (tertiary/aromatic N) is 23. The normalized spacial score (nSPS) is 13.5. The van der Waals surface area contributed by atoms with Crippen molar-refractivity contribution < 1.29 is 31.4 Å². The lowest BCUT2D eigenvalue weighted by molar-refractivity contribution is -0.671. The number of benzene rings is 1. The van der Waals surface area contributed by atoms with Crippen molar-refractivity contribution in [2.24, 2.45) is 14.0 Å². The second kappa shape index (κ2) is 21.8. The Morgan fingerprint density at radius 2 is 0.883 bits per heavy atom. The summed E-state index contributed by atoms with van der Waals surface area (Å²) in [5.41, 5.74) is 25.9. The van der Waals surface area contributed by atoms with Crippen LogP contribution in [0.5, 0.6) is 0 Å². The highest BCUT2D eigenvalue weighted by Crippen LogP contribution is 2.38. The number of para-hydroxylation sites is 1. The van der Waals surface area contributed by atoms with Crippen LogP contribution in [0.15, 0.2) is 250 Å². The zero-order valence-electron chi connectivity index (χ0n) is 57.7. The first-order valence-electron chi connectivity index (χ1n) is 35.1. The third-order valence-electron chi connectivity index (χ3n) is 20.3. The maximum atomic E-state index is 7.96. The highest BCUT2D eigenvalue weighted by atomic mass is 32.1. The van der Waals surface area contributed by atoms with Gasteiger partial charge in [0.1, 0.15) is 55.6 Å². The molecule has 0 atom stereocenters. The Morgan fingerprint density at radius 1 is 0.398 bits per heavy atom. The van der Waals surface area contributed by atoms with E-state index in [1.165, 1.54) is 53.3 Å². The lowest BCUT2D eigenvalue weighted by Gasteiger charge is -2.02. The van der Waals surface area contributed by atoms with Crippen LogP contribution in [-0.2, 0) is 46.7 Å². The Hall–Kier alpha value is -13.8. The van der Waals surface area contributed by atoms with Gasteiger partial charge in [0.25, 0.3) is 17.6 Å². The first-order chi connectivity index (χ1) is 52.1. The topological polar surface area (TPSA) is 198 Å². The largest absolute Gasteiger partial charge is 0.415 e. The molecular formula is C78H56N23OS+5. The van der Waals surface area contributed by atoms with Crippen LogP contribution in [0, 0.1) is 0 Å². The molecule has 490 valence electrons. The lowest BCUT2D eigenvalue weighted by Crippen LogP contribution is -2.29. The number of rotatable bonds is 1. The number of hydrogen-bond donors (Lipinski definition) is 0. The second-order valence-corrected chi connectivity index (χ2v) is 27.0. The van der Waals surface area contributed by atoms with Gasteiger partial charge in [-0.1, -0.05) is 59.9 Å². The summed E-state index contributed by atoms with van der Waals surface area (Å²) < 4.78 is 58.7. The maximum Gasteiger partial charge on any atom is 0.336 e. The van der Waals surface area contributed by atoms with Crippen LogP contribution in [0.3, 0.4) is 0 Å². The van der Waals surface area contributed by atoms with E-state index in [9.17, 15) is 0 Å². The van der Waals surface area contributed by atoms with Gasteiger partial charge < -0.3 is 13.6 Å². The van der Waals surface area contributed by atoms with Gasteiger partial charge in [0.05, 0.1) is 41.2 Å². The van der Waals surface area contributed by atoms with Crippen LogP contribution >= 0.6 is 11.3 Å². The monoisotopic (exact) mass is 1370 g/mol. The highest BCUT2D eigenvalue weighted by molar-refractivity contribution is 7.23. The van der Waals surface area contributed by atoms with Crippen LogP contribution in [0.2, 0.25) is 0 Å². The summed E-state index contributed by atoms with van der Waals surface area (Å²) in [6.07, 6.45) is 37.9. The molecule has 26 rings (SSSR count). The summed E-state index contributed by atoms with van der Waals surface area (Å²) in [6, 6.07) is 40.8. The molecule has 25 heterocycles. The van der Waals surface area contributed by atoms with Gasteiger partial charge in [-0.15, -0.1) is 0 Å². The Morgan fingerprint density at radius 3 is 1.52 bits per heavy atom. The van der Waals surface area contributed by atoms with E-state index in [2.05, 4.69) is 186 Å². The van der Waals surface area contributed by atoms with Crippen molar-refractivity contribution in [3.63, 3.8) is 0 Å². The molecule has 0 spiro atoms. The smallest absolute Gasteiger partial charge is 0.336 e. The maximum absolute atomic E-state index is 7.96. The SMILES string of the molecule is Cn1c2ccncc2n2c3[n+](cc12)Cc1cccnc1-3.[2H]C([2H])([2H])n1c2cnccc2n2c[n+]3c(c12)-c1ncccc1C3.c1ccc(-n2c3ccncc3n3c4[n+](cc23)Cc2cccnc2-4)cc1.c1cnc2c(c1)C[n+]1cc3oc4ccncc4n3c1-2.c1cnc2c(c1)C[n+]1cc3sc4ccncc4n3c1-2. The molecule has 0 unspecified atom stereocenters. The van der Waals surface area contributed by atoms with Crippen molar-refractivity contribution in [2.75, 3.05) is 0 Å². The average Bonchev–Trinajstić information content (AvgIpc) is 1.54. The number of aryl methyl sites for hydroxylation is 2. The molecule has 5 aliphatic rings. The highest BCUT2D eigenvalue weighted by Gasteiger charge is 2.39. The minimum Gasteiger partial charge on any atom is -0.415 e. The van der Waals surface area contributed by atoms with Crippen LogP contribution in [0.1, 0.15) is 31.9 Å². The van der Waals surface area contributed by atoms with Crippen molar-refractivity contribution in [1.29, 1.82) is 0 Å². The Balaban J connectivity index is 0.0000000830. The molecule has 0 aliphatic carbocycles. The van der Waals surface area contributed by atoms with Gasteiger partial charge in [-0.3, -0.25) is 34.5 Å². The molecule has 1 aromatic carbocycles. The summed E-state index contributed by atoms with van der Waals surface area (Å²) in [6.45, 7) is 1.91. The molecule has 0 amide bonds. The first-order valence-corrected chi connectivity index (χ1v) is 34.4. The minimum atomic E-state index is -2.30. The van der Waals surface area contributed by atoms with E-state index in [4.69, 9.17) is 8.53 Å². The van der Waals surface area contributed by atoms with E-state index in [1.54, 1.807) is 36.1 Å². The van der Waals surface area contributed by atoms with E-state index in [1.807, 2.05) is 146 Å². The fourth-order valence-corrected chi connectivity index (χ4v) is 17.0. The molecular weight excluding hydrogens is 1310 g/mol. The predicted octanol–water partition coefficient (Wildman–Crippen LogP) is 10.1. The van der Waals surface area contributed by atoms with E-state index in [0.717, 1.165) is 139 Å². The van der Waals surface area contributed by atoms with Gasteiger partial charge in [-0.2, -0.15) is 22.0 Å². The Labute approximate surface area is 590 Å². The summed E-state index contributed by atoms with van der Waals surface area (Å²) in [5, 5.41) is 0. The van der Waals surface area contributed by atoms with Gasteiger partial charge in [0.15, 0.2) is 74.5 Å². The number of pyridine rings is 10. The molecule has 0 N–H and O–H groups in total. The standard InChI is InChI=1S/C20H14N5.2C15H12N5.C14H9N4O.C14H9N4S/c1-2-6-15(7-3-1)24-16-8-10-21-11-17(16)25-18(24)13-23-12-14-5-4-9-22-19(14)20(23)25;1-18-12-7-16-6-4-11(12)20-9-19-8-10-3-2-5-17-13(10)14(19)15(18)20;1-18-11-4-6-16-7-12(11)20-13(18)9-19-8-10-3-2-5-17-14(10)15(19)20;2*1-2-9-7-17-8-12-18(14(17)13(9)16-4-1)10-6-15-5-3-11(10)19-12/h1-11,13H,12H2;2*2-7,9H,8H2,1H3;2*1-6,8H,7H2/q5*+1/i;1D3;;;. The molecule has 0 bridgehead atoms. The molecule has 5 aliphatic heterocycles. The number of thiazole rings is 1. The Bertz CT molecular complexity index is 7090. The van der Waals surface area contributed by atoms with Gasteiger partial charge in [-0.25, -0.2) is 42.8 Å². The predicted molar refractivity (Wildman–Crippen MR) is 384 cm³/mol. The number of oxazole rings is 1. The molecule has 20 aromatic heterocycles. The molecule has 24 nitrogen and oxygen atoms in total. The van der Waals surface area contributed by atoms with Crippen molar-refractivity contribution >= 4 is 93.2 Å². The van der Waals surface area contributed by atoms with Gasteiger partial charge in [-0.05, 0) is 60.7 Å². The van der Waals surface area contributed by atoms with Crippen molar-refractivity contribution in [3.8, 4) is 63.1 Å².